The molecule has 1 aromatic heterocycles. The van der Waals surface area contributed by atoms with Crippen LogP contribution in [0.5, 0.6) is 5.88 Å². The second kappa shape index (κ2) is 3.51. The van der Waals surface area contributed by atoms with Gasteiger partial charge in [0.25, 0.3) is 0 Å². The molecule has 1 aromatic rings. The van der Waals surface area contributed by atoms with Crippen molar-refractivity contribution in [1.82, 2.24) is 9.97 Å². The summed E-state index contributed by atoms with van der Waals surface area (Å²) in [5, 5.41) is 17.9. The van der Waals surface area contributed by atoms with Crippen molar-refractivity contribution >= 4 is 18.0 Å². The summed E-state index contributed by atoms with van der Waals surface area (Å²) in [4.78, 5) is 6.15. The maximum Gasteiger partial charge on any atom is 0.201 e. The van der Waals surface area contributed by atoms with E-state index in [2.05, 4.69) is 22.2 Å². The molecule has 6 heteroatoms. The van der Waals surface area contributed by atoms with Crippen LogP contribution in [0, 0.1) is 4.77 Å². The van der Waals surface area contributed by atoms with Crippen molar-refractivity contribution < 1.29 is 10.2 Å². The molecule has 0 aliphatic rings. The minimum Gasteiger partial charge on any atom is -0.494 e. The number of nitrogens with one attached hydrogen (secondary N) is 1. The number of aliphatic hydroxyl groups excluding tert-OH is 1. The zero-order valence-electron chi connectivity index (χ0n) is 6.24. The quantitative estimate of drug-likeness (QED) is 0.487. The summed E-state index contributed by atoms with van der Waals surface area (Å²) >= 11 is 4.66. The summed E-state index contributed by atoms with van der Waals surface area (Å²) in [6.07, 6.45) is 0.261. The van der Waals surface area contributed by atoms with E-state index in [1.807, 2.05) is 0 Å². The van der Waals surface area contributed by atoms with E-state index < -0.39 is 0 Å². The molecule has 0 saturated carbocycles. The van der Waals surface area contributed by atoms with Crippen molar-refractivity contribution in [3.8, 4) is 5.88 Å². The molecule has 0 aliphatic carbocycles. The molecular formula is C6H9N3O2S. The predicted molar refractivity (Wildman–Crippen MR) is 46.3 cm³/mol. The maximum atomic E-state index is 9.25. The second-order valence-electron chi connectivity index (χ2n) is 2.23. The van der Waals surface area contributed by atoms with Crippen molar-refractivity contribution in [1.29, 1.82) is 0 Å². The number of aromatic hydroxyl groups is 1. The van der Waals surface area contributed by atoms with E-state index in [1.165, 1.54) is 0 Å². The van der Waals surface area contributed by atoms with Gasteiger partial charge in [0.2, 0.25) is 4.77 Å². The van der Waals surface area contributed by atoms with Gasteiger partial charge in [0.15, 0.2) is 5.88 Å². The highest BCUT2D eigenvalue weighted by atomic mass is 32.1. The molecule has 1 heterocycles. The van der Waals surface area contributed by atoms with E-state index in [9.17, 15) is 5.11 Å². The van der Waals surface area contributed by atoms with Crippen LogP contribution in [-0.4, -0.2) is 26.8 Å². The summed E-state index contributed by atoms with van der Waals surface area (Å²) in [5.74, 6) is 0.0341. The van der Waals surface area contributed by atoms with Crippen LogP contribution in [0.2, 0.25) is 0 Å². The Balaban J connectivity index is 3.18. The number of rotatable bonds is 2. The molecule has 0 aliphatic heterocycles. The van der Waals surface area contributed by atoms with E-state index in [4.69, 9.17) is 10.8 Å². The molecule has 0 bridgehead atoms. The van der Waals surface area contributed by atoms with Gasteiger partial charge in [0.05, 0.1) is 5.56 Å². The molecule has 0 spiro atoms. The number of hydrogen-bond donors (Lipinski definition) is 4. The van der Waals surface area contributed by atoms with Gasteiger partial charge in [-0.3, -0.25) is 0 Å². The number of H-pyrrole nitrogens is 1. The van der Waals surface area contributed by atoms with Crippen LogP contribution in [-0.2, 0) is 6.42 Å². The molecule has 5 N–H and O–H groups in total. The number of aromatic amines is 1. The molecule has 0 amide bonds. The van der Waals surface area contributed by atoms with E-state index in [-0.39, 0.29) is 29.5 Å². The van der Waals surface area contributed by atoms with Crippen molar-refractivity contribution in [3.05, 3.63) is 10.3 Å². The lowest BCUT2D eigenvalue weighted by molar-refractivity contribution is 0.296. The SMILES string of the molecule is Nc1nc(=S)[nH]c(O)c1CCO. The Morgan fingerprint density at radius 2 is 2.25 bits per heavy atom. The maximum absolute atomic E-state index is 9.25. The third kappa shape index (κ3) is 1.72. The van der Waals surface area contributed by atoms with Crippen LogP contribution in [0.1, 0.15) is 5.56 Å². The lowest BCUT2D eigenvalue weighted by atomic mass is 10.2. The average Bonchev–Trinajstić information content (AvgIpc) is 1.96. The van der Waals surface area contributed by atoms with Gasteiger partial charge in [0, 0.05) is 13.0 Å². The number of aromatic nitrogens is 2. The molecule has 0 radical (unpaired) electrons. The monoisotopic (exact) mass is 187 g/mol. The van der Waals surface area contributed by atoms with Gasteiger partial charge in [0.1, 0.15) is 5.82 Å². The first-order valence-electron chi connectivity index (χ1n) is 3.33. The Morgan fingerprint density at radius 3 is 2.75 bits per heavy atom. The molecule has 0 saturated heterocycles. The summed E-state index contributed by atoms with van der Waals surface area (Å²) < 4.78 is 0.131. The average molecular weight is 187 g/mol. The van der Waals surface area contributed by atoms with Gasteiger partial charge >= 0.3 is 0 Å². The number of aliphatic hydroxyl groups is 1. The predicted octanol–water partition coefficient (Wildman–Crippen LogP) is -0.0382. The van der Waals surface area contributed by atoms with E-state index >= 15 is 0 Å². The molecular weight excluding hydrogens is 178 g/mol. The summed E-state index contributed by atoms with van der Waals surface area (Å²) in [6, 6.07) is 0. The van der Waals surface area contributed by atoms with Gasteiger partial charge < -0.3 is 20.9 Å². The van der Waals surface area contributed by atoms with Crippen molar-refractivity contribution in [2.75, 3.05) is 12.3 Å². The number of nitrogens with zero attached hydrogens (tertiary/aromatic N) is 1. The van der Waals surface area contributed by atoms with Crippen LogP contribution in [0.25, 0.3) is 0 Å². The molecule has 5 nitrogen and oxygen atoms in total. The highest BCUT2D eigenvalue weighted by Gasteiger charge is 2.06. The van der Waals surface area contributed by atoms with E-state index in [1.54, 1.807) is 0 Å². The lowest BCUT2D eigenvalue weighted by Gasteiger charge is -2.04. The smallest absolute Gasteiger partial charge is 0.201 e. The fourth-order valence-corrected chi connectivity index (χ4v) is 1.06. The van der Waals surface area contributed by atoms with Crippen LogP contribution in [0.15, 0.2) is 0 Å². The van der Waals surface area contributed by atoms with Crippen LogP contribution < -0.4 is 5.73 Å². The number of anilines is 1. The first kappa shape index (κ1) is 8.95. The highest BCUT2D eigenvalue weighted by molar-refractivity contribution is 7.71. The van der Waals surface area contributed by atoms with Gasteiger partial charge in [-0.2, -0.15) is 0 Å². The normalized spacial score (nSPS) is 10.1. The van der Waals surface area contributed by atoms with Gasteiger partial charge in [-0.15, -0.1) is 0 Å². The molecule has 1 rings (SSSR count). The topological polar surface area (TPSA) is 95.2 Å². The van der Waals surface area contributed by atoms with Crippen molar-refractivity contribution in [2.24, 2.45) is 0 Å². The Hall–Kier alpha value is -1.14. The number of nitrogen functional groups attached to an aromatic ring is 1. The molecule has 0 atom stereocenters. The largest absolute Gasteiger partial charge is 0.494 e. The second-order valence-corrected chi connectivity index (χ2v) is 2.61. The van der Waals surface area contributed by atoms with Gasteiger partial charge in [-0.1, -0.05) is 0 Å². The Kier molecular flexibility index (Phi) is 2.61. The Bertz CT molecular complexity index is 310. The highest BCUT2D eigenvalue weighted by Crippen LogP contribution is 2.18. The first-order valence-corrected chi connectivity index (χ1v) is 3.74. The standard InChI is InChI=1S/C6H9N3O2S/c7-4-3(1-2-10)5(11)9-6(12)8-4/h10H,1-2H2,(H4,7,8,9,11,12). The minimum atomic E-state index is -0.124. The first-order chi connectivity index (χ1) is 5.65. The molecule has 12 heavy (non-hydrogen) atoms. The van der Waals surface area contributed by atoms with E-state index in [0.717, 1.165) is 0 Å². The zero-order valence-corrected chi connectivity index (χ0v) is 7.06. The van der Waals surface area contributed by atoms with Crippen molar-refractivity contribution in [3.63, 3.8) is 0 Å². The zero-order chi connectivity index (χ0) is 9.14. The summed E-state index contributed by atoms with van der Waals surface area (Å²) in [5.41, 5.74) is 5.83. The number of nitrogens with two attached hydrogens (primary N) is 1. The van der Waals surface area contributed by atoms with Crippen LogP contribution in [0.4, 0.5) is 5.82 Å². The minimum absolute atomic E-state index is 0.0932. The molecule has 0 unspecified atom stereocenters. The Labute approximate surface area is 73.9 Å². The van der Waals surface area contributed by atoms with Crippen LogP contribution >= 0.6 is 12.2 Å². The lowest BCUT2D eigenvalue weighted by Crippen LogP contribution is -2.02. The summed E-state index contributed by atoms with van der Waals surface area (Å²) in [6.45, 7) is -0.0932. The van der Waals surface area contributed by atoms with E-state index in [0.29, 0.717) is 5.56 Å². The van der Waals surface area contributed by atoms with Gasteiger partial charge in [-0.25, -0.2) is 4.98 Å². The fraction of sp³-hybridized carbons (Fsp3) is 0.333. The van der Waals surface area contributed by atoms with Crippen LogP contribution in [0.3, 0.4) is 0 Å². The fourth-order valence-electron chi connectivity index (χ4n) is 0.861. The molecule has 0 aromatic carbocycles. The molecule has 0 fully saturated rings. The third-order valence-corrected chi connectivity index (χ3v) is 1.60. The molecule has 66 valence electrons. The van der Waals surface area contributed by atoms with Gasteiger partial charge in [-0.05, 0) is 12.2 Å². The summed E-state index contributed by atoms with van der Waals surface area (Å²) in [7, 11) is 0. The Morgan fingerprint density at radius 1 is 1.58 bits per heavy atom. The third-order valence-electron chi connectivity index (χ3n) is 1.40. The number of hydrogen-bond acceptors (Lipinski definition) is 5. The van der Waals surface area contributed by atoms with Crippen molar-refractivity contribution in [2.45, 2.75) is 6.42 Å².